The van der Waals surface area contributed by atoms with E-state index < -0.39 is 5.97 Å². The van der Waals surface area contributed by atoms with Gasteiger partial charge in [-0.25, -0.2) is 14.6 Å². The number of carbonyl (C=O) groups is 2. The molecule has 0 saturated heterocycles. The summed E-state index contributed by atoms with van der Waals surface area (Å²) >= 11 is 0. The zero-order chi connectivity index (χ0) is 16.2. The second-order valence-electron chi connectivity index (χ2n) is 6.26. The van der Waals surface area contributed by atoms with Crippen molar-refractivity contribution in [1.29, 1.82) is 0 Å². The number of methoxy groups -OCH3 is 1. The number of hydrogen-bond acceptors (Lipinski definition) is 5. The van der Waals surface area contributed by atoms with Crippen LogP contribution in [0.4, 0.5) is 4.79 Å². The second kappa shape index (κ2) is 7.02. The van der Waals surface area contributed by atoms with Gasteiger partial charge in [0.25, 0.3) is 0 Å². The molecule has 126 valence electrons. The van der Waals surface area contributed by atoms with E-state index in [-0.39, 0.29) is 30.4 Å². The summed E-state index contributed by atoms with van der Waals surface area (Å²) < 4.78 is 9.91. The second-order valence-corrected chi connectivity index (χ2v) is 6.26. The first-order valence-corrected chi connectivity index (χ1v) is 8.27. The van der Waals surface area contributed by atoms with Crippen LogP contribution in [0.3, 0.4) is 0 Å². The number of nitrogens with zero attached hydrogens (tertiary/aromatic N) is 2. The van der Waals surface area contributed by atoms with Crippen molar-refractivity contribution < 1.29 is 18.7 Å². The normalized spacial score (nSPS) is 18.5. The summed E-state index contributed by atoms with van der Waals surface area (Å²) in [6.45, 7) is 0.278. The van der Waals surface area contributed by atoms with Crippen LogP contribution in [0.2, 0.25) is 0 Å². The maximum atomic E-state index is 12.5. The maximum Gasteiger partial charge on any atom is 0.360 e. The highest BCUT2D eigenvalue weighted by atomic mass is 16.5. The van der Waals surface area contributed by atoms with Crippen molar-refractivity contribution in [2.24, 2.45) is 0 Å². The van der Waals surface area contributed by atoms with Gasteiger partial charge < -0.3 is 19.4 Å². The van der Waals surface area contributed by atoms with Crippen LogP contribution in [0.15, 0.2) is 10.7 Å². The SMILES string of the molecule is COC(=O)c1coc(CN(C(=O)NC2CCCCC2)C2CC2)n1. The highest BCUT2D eigenvalue weighted by Crippen LogP contribution is 2.29. The lowest BCUT2D eigenvalue weighted by atomic mass is 9.96. The van der Waals surface area contributed by atoms with Crippen LogP contribution in [0.1, 0.15) is 61.3 Å². The van der Waals surface area contributed by atoms with E-state index >= 15 is 0 Å². The number of nitrogens with one attached hydrogen (secondary N) is 1. The lowest BCUT2D eigenvalue weighted by Crippen LogP contribution is -2.46. The molecule has 2 saturated carbocycles. The first-order valence-electron chi connectivity index (χ1n) is 8.27. The van der Waals surface area contributed by atoms with Gasteiger partial charge in [0.05, 0.1) is 13.7 Å². The van der Waals surface area contributed by atoms with E-state index in [4.69, 9.17) is 4.42 Å². The van der Waals surface area contributed by atoms with Crippen LogP contribution in [0.5, 0.6) is 0 Å². The van der Waals surface area contributed by atoms with Gasteiger partial charge in [0, 0.05) is 12.1 Å². The average Bonchev–Trinajstić information content (AvgIpc) is 3.30. The topological polar surface area (TPSA) is 84.7 Å². The predicted molar refractivity (Wildman–Crippen MR) is 81.8 cm³/mol. The molecule has 1 heterocycles. The molecular formula is C16H23N3O4. The molecule has 2 aliphatic carbocycles. The van der Waals surface area contributed by atoms with Crippen LogP contribution >= 0.6 is 0 Å². The minimum Gasteiger partial charge on any atom is -0.464 e. The summed E-state index contributed by atoms with van der Waals surface area (Å²) in [6.07, 6.45) is 8.99. The maximum absolute atomic E-state index is 12.5. The molecule has 7 heteroatoms. The Morgan fingerprint density at radius 3 is 2.70 bits per heavy atom. The van der Waals surface area contributed by atoms with Gasteiger partial charge in [-0.15, -0.1) is 0 Å². The van der Waals surface area contributed by atoms with Gasteiger partial charge in [0.2, 0.25) is 5.89 Å². The zero-order valence-electron chi connectivity index (χ0n) is 13.4. The number of rotatable bonds is 5. The van der Waals surface area contributed by atoms with Crippen LogP contribution in [0.25, 0.3) is 0 Å². The van der Waals surface area contributed by atoms with E-state index in [1.807, 2.05) is 0 Å². The molecule has 2 fully saturated rings. The molecule has 1 aromatic rings. The van der Waals surface area contributed by atoms with Gasteiger partial charge in [0.15, 0.2) is 5.69 Å². The molecule has 1 N–H and O–H groups in total. The molecular weight excluding hydrogens is 298 g/mol. The van der Waals surface area contributed by atoms with E-state index in [1.54, 1.807) is 4.90 Å². The van der Waals surface area contributed by atoms with Crippen LogP contribution in [-0.4, -0.2) is 41.1 Å². The van der Waals surface area contributed by atoms with Crippen molar-refractivity contribution in [2.75, 3.05) is 7.11 Å². The quantitative estimate of drug-likeness (QED) is 0.842. The molecule has 0 spiro atoms. The van der Waals surface area contributed by atoms with Crippen molar-refractivity contribution in [3.63, 3.8) is 0 Å². The van der Waals surface area contributed by atoms with E-state index in [2.05, 4.69) is 15.0 Å². The zero-order valence-corrected chi connectivity index (χ0v) is 13.4. The molecule has 0 bridgehead atoms. The molecule has 0 aromatic carbocycles. The predicted octanol–water partition coefficient (Wildman–Crippen LogP) is 2.47. The van der Waals surface area contributed by atoms with Crippen molar-refractivity contribution in [3.05, 3.63) is 17.8 Å². The molecule has 1 aromatic heterocycles. The molecule has 0 radical (unpaired) electrons. The Labute approximate surface area is 135 Å². The fraction of sp³-hybridized carbons (Fsp3) is 0.688. The Hall–Kier alpha value is -2.05. The average molecular weight is 321 g/mol. The Morgan fingerprint density at radius 2 is 2.04 bits per heavy atom. The van der Waals surface area contributed by atoms with Crippen molar-refractivity contribution in [3.8, 4) is 0 Å². The molecule has 2 aliphatic rings. The van der Waals surface area contributed by atoms with Crippen molar-refractivity contribution in [1.82, 2.24) is 15.2 Å². The summed E-state index contributed by atoms with van der Waals surface area (Å²) in [5.41, 5.74) is 0.130. The standard InChI is InChI=1S/C16H23N3O4/c1-22-15(20)13-10-23-14(18-13)9-19(12-7-8-12)16(21)17-11-5-3-2-4-6-11/h10-12H,2-9H2,1H3,(H,17,21). The summed E-state index contributed by atoms with van der Waals surface area (Å²) in [4.78, 5) is 29.8. The first kappa shape index (κ1) is 15.8. The third-order valence-electron chi connectivity index (χ3n) is 4.43. The molecule has 0 atom stereocenters. The summed E-state index contributed by atoms with van der Waals surface area (Å²) in [5, 5.41) is 3.13. The number of ether oxygens (including phenoxy) is 1. The minimum absolute atomic E-state index is 0.0581. The minimum atomic E-state index is -0.537. The lowest BCUT2D eigenvalue weighted by molar-refractivity contribution is 0.0594. The van der Waals surface area contributed by atoms with Crippen LogP contribution < -0.4 is 5.32 Å². The first-order chi connectivity index (χ1) is 11.2. The van der Waals surface area contributed by atoms with E-state index in [0.29, 0.717) is 5.89 Å². The molecule has 23 heavy (non-hydrogen) atoms. The fourth-order valence-electron chi connectivity index (χ4n) is 2.98. The number of urea groups is 1. The van der Waals surface area contributed by atoms with Gasteiger partial charge in [-0.3, -0.25) is 0 Å². The van der Waals surface area contributed by atoms with Gasteiger partial charge in [-0.2, -0.15) is 0 Å². The fourth-order valence-corrected chi connectivity index (χ4v) is 2.98. The monoisotopic (exact) mass is 321 g/mol. The number of esters is 1. The lowest BCUT2D eigenvalue weighted by Gasteiger charge is -2.27. The van der Waals surface area contributed by atoms with Gasteiger partial charge in [-0.05, 0) is 25.7 Å². The van der Waals surface area contributed by atoms with Crippen LogP contribution in [-0.2, 0) is 11.3 Å². The summed E-state index contributed by atoms with van der Waals surface area (Å²) in [7, 11) is 1.30. The highest BCUT2D eigenvalue weighted by Gasteiger charge is 2.34. The smallest absolute Gasteiger partial charge is 0.360 e. The Balaban J connectivity index is 1.61. The third kappa shape index (κ3) is 4.03. The number of oxazole rings is 1. The Kier molecular flexibility index (Phi) is 4.83. The summed E-state index contributed by atoms with van der Waals surface area (Å²) in [6, 6.07) is 0.456. The summed E-state index contributed by atoms with van der Waals surface area (Å²) in [5.74, 6) is -0.180. The van der Waals surface area contributed by atoms with Crippen LogP contribution in [0, 0.1) is 0 Å². The molecule has 2 amide bonds. The number of carbonyl (C=O) groups excluding carboxylic acids is 2. The van der Waals surface area contributed by atoms with Gasteiger partial charge >= 0.3 is 12.0 Å². The number of hydrogen-bond donors (Lipinski definition) is 1. The Bertz CT molecular complexity index is 561. The largest absolute Gasteiger partial charge is 0.464 e. The Morgan fingerprint density at radius 1 is 1.30 bits per heavy atom. The van der Waals surface area contributed by atoms with E-state index in [1.165, 1.54) is 32.6 Å². The molecule has 0 unspecified atom stereocenters. The van der Waals surface area contributed by atoms with E-state index in [9.17, 15) is 9.59 Å². The highest BCUT2D eigenvalue weighted by molar-refractivity contribution is 5.86. The van der Waals surface area contributed by atoms with Gasteiger partial charge in [-0.1, -0.05) is 19.3 Å². The number of amides is 2. The van der Waals surface area contributed by atoms with Gasteiger partial charge in [0.1, 0.15) is 6.26 Å². The van der Waals surface area contributed by atoms with Crippen molar-refractivity contribution >= 4 is 12.0 Å². The molecule has 3 rings (SSSR count). The third-order valence-corrected chi connectivity index (χ3v) is 4.43. The molecule has 7 nitrogen and oxygen atoms in total. The number of aromatic nitrogens is 1. The molecule has 0 aliphatic heterocycles. The van der Waals surface area contributed by atoms with E-state index in [0.717, 1.165) is 25.7 Å². The van der Waals surface area contributed by atoms with Crippen molar-refractivity contribution in [2.45, 2.75) is 63.6 Å².